The van der Waals surface area contributed by atoms with Gasteiger partial charge in [0.2, 0.25) is 0 Å². The minimum absolute atomic E-state index is 0.0831. The van der Waals surface area contributed by atoms with E-state index in [1.165, 1.54) is 6.07 Å². The van der Waals surface area contributed by atoms with E-state index in [-0.39, 0.29) is 11.3 Å². The van der Waals surface area contributed by atoms with Crippen molar-refractivity contribution in [1.82, 2.24) is 5.32 Å². The molecule has 0 heterocycles. The molecule has 0 atom stereocenters. The molecule has 5 heteroatoms. The Kier molecular flexibility index (Phi) is 4.04. The normalized spacial score (nSPS) is 18.0. The number of hydrogen-bond donors (Lipinski definition) is 3. The fourth-order valence-electron chi connectivity index (χ4n) is 2.61. The van der Waals surface area contributed by atoms with Gasteiger partial charge in [0.05, 0.1) is 11.1 Å². The van der Waals surface area contributed by atoms with Gasteiger partial charge in [0.15, 0.2) is 0 Å². The highest BCUT2D eigenvalue weighted by molar-refractivity contribution is 5.97. The topological polar surface area (TPSA) is 75.3 Å². The van der Waals surface area contributed by atoms with E-state index >= 15 is 0 Å². The Balaban J connectivity index is 2.15. The minimum atomic E-state index is -0.569. The molecule has 19 heavy (non-hydrogen) atoms. The molecule has 2 rings (SSSR count). The zero-order valence-corrected chi connectivity index (χ0v) is 10.8. The zero-order valence-electron chi connectivity index (χ0n) is 10.8. The van der Waals surface area contributed by atoms with Crippen LogP contribution in [0.25, 0.3) is 0 Å². The third-order valence-corrected chi connectivity index (χ3v) is 3.78. The first-order valence-corrected chi connectivity index (χ1v) is 6.57. The first-order chi connectivity index (χ1) is 9.06. The molecule has 0 aliphatic heterocycles. The summed E-state index contributed by atoms with van der Waals surface area (Å²) >= 11 is 0. The highest BCUT2D eigenvalue weighted by atomic mass is 19.1. The van der Waals surface area contributed by atoms with Gasteiger partial charge in [-0.1, -0.05) is 19.3 Å². The maximum absolute atomic E-state index is 12.9. The second kappa shape index (κ2) is 5.57. The van der Waals surface area contributed by atoms with Crippen molar-refractivity contribution in [2.45, 2.75) is 37.6 Å². The van der Waals surface area contributed by atoms with Crippen LogP contribution in [-0.4, -0.2) is 23.1 Å². The number of amides is 1. The van der Waals surface area contributed by atoms with E-state index in [0.717, 1.165) is 44.2 Å². The fourth-order valence-corrected chi connectivity index (χ4v) is 2.61. The van der Waals surface area contributed by atoms with Gasteiger partial charge in [-0.15, -0.1) is 0 Å². The van der Waals surface area contributed by atoms with Crippen molar-refractivity contribution in [3.05, 3.63) is 29.6 Å². The first kappa shape index (κ1) is 13.8. The van der Waals surface area contributed by atoms with Crippen LogP contribution in [0.1, 0.15) is 42.5 Å². The number of halogens is 1. The Morgan fingerprint density at radius 3 is 2.63 bits per heavy atom. The molecule has 1 amide bonds. The van der Waals surface area contributed by atoms with E-state index in [1.807, 2.05) is 0 Å². The van der Waals surface area contributed by atoms with Gasteiger partial charge in [-0.2, -0.15) is 0 Å². The highest BCUT2D eigenvalue weighted by Gasteiger charge is 2.32. The van der Waals surface area contributed by atoms with Gasteiger partial charge in [-0.3, -0.25) is 4.79 Å². The smallest absolute Gasteiger partial charge is 0.255 e. The van der Waals surface area contributed by atoms with Crippen LogP contribution in [0.2, 0.25) is 0 Å². The third-order valence-electron chi connectivity index (χ3n) is 3.78. The summed E-state index contributed by atoms with van der Waals surface area (Å²) in [7, 11) is 0. The van der Waals surface area contributed by atoms with Crippen LogP contribution in [0.5, 0.6) is 5.75 Å². The van der Waals surface area contributed by atoms with Crippen LogP contribution in [-0.2, 0) is 0 Å². The molecule has 1 aliphatic carbocycles. The number of carbonyl (C=O) groups is 1. The van der Waals surface area contributed by atoms with E-state index < -0.39 is 17.3 Å². The summed E-state index contributed by atoms with van der Waals surface area (Å²) in [6.07, 6.45) is 4.91. The number of benzene rings is 1. The van der Waals surface area contributed by atoms with Crippen LogP contribution >= 0.6 is 0 Å². The van der Waals surface area contributed by atoms with Crippen molar-refractivity contribution in [3.8, 4) is 5.75 Å². The standard InChI is InChI=1S/C14H19FN2O2/c15-10-4-5-11(12(18)8-10)13(19)17-14(9-16)6-2-1-3-7-14/h4-5,8,18H,1-3,6-7,9,16H2,(H,17,19). The lowest BCUT2D eigenvalue weighted by Crippen LogP contribution is -2.54. The van der Waals surface area contributed by atoms with E-state index in [1.54, 1.807) is 0 Å². The molecule has 4 N–H and O–H groups in total. The summed E-state index contributed by atoms with van der Waals surface area (Å²) in [5.41, 5.74) is 5.48. The lowest BCUT2D eigenvalue weighted by molar-refractivity contribution is 0.0872. The van der Waals surface area contributed by atoms with Crippen molar-refractivity contribution in [3.63, 3.8) is 0 Å². The molecular weight excluding hydrogens is 247 g/mol. The van der Waals surface area contributed by atoms with Gasteiger partial charge >= 0.3 is 0 Å². The van der Waals surface area contributed by atoms with Gasteiger partial charge in [0, 0.05) is 12.6 Å². The molecular formula is C14H19FN2O2. The van der Waals surface area contributed by atoms with Crippen LogP contribution in [0.15, 0.2) is 18.2 Å². The Morgan fingerprint density at radius 2 is 2.05 bits per heavy atom. The summed E-state index contributed by atoms with van der Waals surface area (Å²) in [4.78, 5) is 12.2. The second-order valence-electron chi connectivity index (χ2n) is 5.16. The van der Waals surface area contributed by atoms with Crippen molar-refractivity contribution in [2.24, 2.45) is 5.73 Å². The van der Waals surface area contributed by atoms with E-state index in [2.05, 4.69) is 5.32 Å². The summed E-state index contributed by atoms with van der Waals surface area (Å²) in [6.45, 7) is 0.376. The minimum Gasteiger partial charge on any atom is -0.507 e. The number of aromatic hydroxyl groups is 1. The zero-order chi connectivity index (χ0) is 13.9. The molecule has 1 saturated carbocycles. The second-order valence-corrected chi connectivity index (χ2v) is 5.16. The summed E-state index contributed by atoms with van der Waals surface area (Å²) in [5.74, 6) is -1.31. The molecule has 4 nitrogen and oxygen atoms in total. The number of carbonyl (C=O) groups excluding carboxylic acids is 1. The average Bonchev–Trinajstić information content (AvgIpc) is 2.39. The fraction of sp³-hybridized carbons (Fsp3) is 0.500. The molecule has 0 unspecified atom stereocenters. The maximum atomic E-state index is 12.9. The number of nitrogens with two attached hydrogens (primary N) is 1. The monoisotopic (exact) mass is 266 g/mol. The maximum Gasteiger partial charge on any atom is 0.255 e. The molecule has 0 aromatic heterocycles. The Morgan fingerprint density at radius 1 is 1.37 bits per heavy atom. The van der Waals surface area contributed by atoms with Crippen molar-refractivity contribution >= 4 is 5.91 Å². The Hall–Kier alpha value is -1.62. The largest absolute Gasteiger partial charge is 0.507 e. The Labute approximate surface area is 111 Å². The van der Waals surface area contributed by atoms with Gasteiger partial charge in [0.1, 0.15) is 11.6 Å². The van der Waals surface area contributed by atoms with E-state index in [0.29, 0.717) is 6.54 Å². The van der Waals surface area contributed by atoms with Gasteiger partial charge in [0.25, 0.3) is 5.91 Å². The number of phenols is 1. The number of nitrogens with one attached hydrogen (secondary N) is 1. The van der Waals surface area contributed by atoms with E-state index in [9.17, 15) is 14.3 Å². The average molecular weight is 266 g/mol. The lowest BCUT2D eigenvalue weighted by atomic mass is 9.81. The van der Waals surface area contributed by atoms with E-state index in [4.69, 9.17) is 5.73 Å². The van der Waals surface area contributed by atoms with Crippen LogP contribution in [0.3, 0.4) is 0 Å². The molecule has 0 radical (unpaired) electrons. The summed E-state index contributed by atoms with van der Waals surface area (Å²) in [6, 6.07) is 3.38. The van der Waals surface area contributed by atoms with Crippen molar-refractivity contribution in [1.29, 1.82) is 0 Å². The van der Waals surface area contributed by atoms with Crippen LogP contribution in [0, 0.1) is 5.82 Å². The molecule has 1 fully saturated rings. The lowest BCUT2D eigenvalue weighted by Gasteiger charge is -2.37. The molecule has 0 saturated heterocycles. The number of rotatable bonds is 3. The number of phenolic OH excluding ortho intramolecular Hbond substituents is 1. The van der Waals surface area contributed by atoms with Gasteiger partial charge in [-0.25, -0.2) is 4.39 Å². The molecule has 0 bridgehead atoms. The van der Waals surface area contributed by atoms with Gasteiger partial charge < -0.3 is 16.2 Å². The molecule has 0 spiro atoms. The molecule has 1 aromatic rings. The molecule has 1 aromatic carbocycles. The first-order valence-electron chi connectivity index (χ1n) is 6.57. The van der Waals surface area contributed by atoms with Crippen LogP contribution in [0.4, 0.5) is 4.39 Å². The predicted molar refractivity (Wildman–Crippen MR) is 70.4 cm³/mol. The molecule has 1 aliphatic rings. The quantitative estimate of drug-likeness (QED) is 0.782. The van der Waals surface area contributed by atoms with Crippen molar-refractivity contribution in [2.75, 3.05) is 6.54 Å². The van der Waals surface area contributed by atoms with Gasteiger partial charge in [-0.05, 0) is 25.0 Å². The highest BCUT2D eigenvalue weighted by Crippen LogP contribution is 2.28. The number of hydrogen-bond acceptors (Lipinski definition) is 3. The predicted octanol–water partition coefficient (Wildman–Crippen LogP) is 1.92. The summed E-state index contributed by atoms with van der Waals surface area (Å²) in [5, 5.41) is 12.5. The molecule has 104 valence electrons. The third kappa shape index (κ3) is 3.04. The van der Waals surface area contributed by atoms with Crippen LogP contribution < -0.4 is 11.1 Å². The Bertz CT molecular complexity index is 471. The van der Waals surface area contributed by atoms with Crippen molar-refractivity contribution < 1.29 is 14.3 Å². The SMILES string of the molecule is NCC1(NC(=O)c2ccc(F)cc2O)CCCCC1. The summed E-state index contributed by atoms with van der Waals surface area (Å²) < 4.78 is 12.9.